The molecule has 152 valence electrons. The highest BCUT2D eigenvalue weighted by molar-refractivity contribution is 5.81. The number of hydrogen-bond donors (Lipinski definition) is 2. The summed E-state index contributed by atoms with van der Waals surface area (Å²) in [5, 5.41) is 6.00. The average Bonchev–Trinajstić information content (AvgIpc) is 2.74. The van der Waals surface area contributed by atoms with Gasteiger partial charge in [0.25, 0.3) is 0 Å². The Labute approximate surface area is 164 Å². The zero-order chi connectivity index (χ0) is 21.2. The first-order valence-electron chi connectivity index (χ1n) is 9.20. The number of carbonyl (C=O) groups excluding carboxylic acids is 1. The molecule has 0 saturated heterocycles. The van der Waals surface area contributed by atoms with E-state index in [4.69, 9.17) is 0 Å². The second kappa shape index (κ2) is 11.3. The minimum absolute atomic E-state index is 0.0669. The van der Waals surface area contributed by atoms with Gasteiger partial charge in [-0.3, -0.25) is 4.79 Å². The van der Waals surface area contributed by atoms with Crippen molar-refractivity contribution in [2.75, 3.05) is 12.4 Å². The minimum Gasteiger partial charge on any atom is -0.353 e. The SMILES string of the molecule is CC.CNC(C)c1ccc(C(F)(F)F)cc1.O=CC1=CCc2ccccc2N1. The number of anilines is 1. The molecule has 0 bridgehead atoms. The largest absolute Gasteiger partial charge is 0.416 e. The molecular weight excluding hydrogens is 365 g/mol. The fourth-order valence-electron chi connectivity index (χ4n) is 2.45. The summed E-state index contributed by atoms with van der Waals surface area (Å²) in [4.78, 5) is 10.4. The number of nitrogens with one attached hydrogen (secondary N) is 2. The van der Waals surface area contributed by atoms with Crippen LogP contribution in [0.1, 0.15) is 43.5 Å². The van der Waals surface area contributed by atoms with Crippen LogP contribution in [0.5, 0.6) is 0 Å². The van der Waals surface area contributed by atoms with Crippen LogP contribution in [-0.4, -0.2) is 13.3 Å². The summed E-state index contributed by atoms with van der Waals surface area (Å²) in [5.74, 6) is 0. The van der Waals surface area contributed by atoms with Crippen molar-refractivity contribution >= 4 is 12.0 Å². The van der Waals surface area contributed by atoms with E-state index in [1.54, 1.807) is 7.05 Å². The number of hydrogen-bond acceptors (Lipinski definition) is 3. The Morgan fingerprint density at radius 3 is 2.21 bits per heavy atom. The lowest BCUT2D eigenvalue weighted by atomic mass is 10.1. The lowest BCUT2D eigenvalue weighted by Crippen LogP contribution is -2.12. The highest BCUT2D eigenvalue weighted by Crippen LogP contribution is 2.29. The van der Waals surface area contributed by atoms with Gasteiger partial charge in [0.2, 0.25) is 0 Å². The highest BCUT2D eigenvalue weighted by Gasteiger charge is 2.30. The molecule has 2 N–H and O–H groups in total. The third-order valence-electron chi connectivity index (χ3n) is 4.14. The Morgan fingerprint density at radius 1 is 1.07 bits per heavy atom. The smallest absolute Gasteiger partial charge is 0.353 e. The quantitative estimate of drug-likeness (QED) is 0.654. The Morgan fingerprint density at radius 2 is 1.68 bits per heavy atom. The van der Waals surface area contributed by atoms with Gasteiger partial charge in [-0.05, 0) is 49.7 Å². The number of alkyl halides is 3. The maximum absolute atomic E-state index is 12.2. The number of benzene rings is 2. The van der Waals surface area contributed by atoms with Crippen LogP contribution in [0, 0.1) is 0 Å². The minimum atomic E-state index is -4.25. The van der Waals surface area contributed by atoms with Crippen LogP contribution in [0.2, 0.25) is 0 Å². The molecule has 0 radical (unpaired) electrons. The predicted octanol–water partition coefficient (Wildman–Crippen LogP) is 5.75. The van der Waals surface area contributed by atoms with Crippen molar-refractivity contribution in [1.82, 2.24) is 5.32 Å². The number of fused-ring (bicyclic) bond motifs is 1. The van der Waals surface area contributed by atoms with Gasteiger partial charge in [0, 0.05) is 11.7 Å². The average molecular weight is 392 g/mol. The van der Waals surface area contributed by atoms with Gasteiger partial charge in [-0.25, -0.2) is 0 Å². The summed E-state index contributed by atoms with van der Waals surface area (Å²) < 4.78 is 36.6. The molecular formula is C22H27F3N2O. The van der Waals surface area contributed by atoms with E-state index >= 15 is 0 Å². The van der Waals surface area contributed by atoms with Crippen LogP contribution in [-0.2, 0) is 17.4 Å². The Hall–Kier alpha value is -2.60. The molecule has 0 saturated carbocycles. The zero-order valence-corrected chi connectivity index (χ0v) is 16.6. The van der Waals surface area contributed by atoms with Crippen molar-refractivity contribution in [1.29, 1.82) is 0 Å². The van der Waals surface area contributed by atoms with Crippen molar-refractivity contribution in [3.8, 4) is 0 Å². The van der Waals surface area contributed by atoms with Gasteiger partial charge in [-0.15, -0.1) is 0 Å². The monoisotopic (exact) mass is 392 g/mol. The molecule has 6 heteroatoms. The van der Waals surface area contributed by atoms with E-state index in [2.05, 4.69) is 16.7 Å². The van der Waals surface area contributed by atoms with Crippen molar-refractivity contribution in [3.05, 3.63) is 77.0 Å². The van der Waals surface area contributed by atoms with Crippen LogP contribution in [0.4, 0.5) is 18.9 Å². The first-order valence-corrected chi connectivity index (χ1v) is 9.20. The third-order valence-corrected chi connectivity index (χ3v) is 4.14. The van der Waals surface area contributed by atoms with Gasteiger partial charge in [0.15, 0.2) is 6.29 Å². The van der Waals surface area contributed by atoms with Gasteiger partial charge < -0.3 is 10.6 Å². The standard InChI is InChI=1S/C10H12F3N.C10H9NO.C2H6/c1-7(14-2)8-3-5-9(6-4-8)10(11,12)13;12-7-9-6-5-8-3-1-2-4-10(8)11-9;1-2/h3-7,14H,1-2H3;1-4,6-7,11H,5H2;1-2H3. The van der Waals surface area contributed by atoms with E-state index in [1.807, 2.05) is 45.0 Å². The first-order chi connectivity index (χ1) is 13.3. The number of allylic oxidation sites excluding steroid dienone is 2. The summed E-state index contributed by atoms with van der Waals surface area (Å²) in [7, 11) is 1.77. The number of aldehydes is 1. The molecule has 3 nitrogen and oxygen atoms in total. The van der Waals surface area contributed by atoms with Crippen LogP contribution in [0.15, 0.2) is 60.3 Å². The van der Waals surface area contributed by atoms with Gasteiger partial charge in [-0.2, -0.15) is 13.2 Å². The molecule has 1 aliphatic heterocycles. The topological polar surface area (TPSA) is 41.1 Å². The van der Waals surface area contributed by atoms with E-state index in [0.29, 0.717) is 5.70 Å². The second-order valence-corrected chi connectivity index (χ2v) is 5.89. The number of carbonyl (C=O) groups is 1. The summed E-state index contributed by atoms with van der Waals surface area (Å²) in [5.41, 5.74) is 3.18. The maximum Gasteiger partial charge on any atom is 0.416 e. The Balaban J connectivity index is 0.000000259. The number of para-hydroxylation sites is 1. The van der Waals surface area contributed by atoms with Crippen molar-refractivity contribution in [3.63, 3.8) is 0 Å². The molecule has 1 unspecified atom stereocenters. The van der Waals surface area contributed by atoms with Gasteiger partial charge in [-0.1, -0.05) is 50.3 Å². The summed E-state index contributed by atoms with van der Waals surface area (Å²) in [6.45, 7) is 5.89. The molecule has 1 aliphatic rings. The van der Waals surface area contributed by atoms with E-state index in [0.717, 1.165) is 36.1 Å². The third kappa shape index (κ3) is 6.85. The van der Waals surface area contributed by atoms with Crippen molar-refractivity contribution < 1.29 is 18.0 Å². The van der Waals surface area contributed by atoms with E-state index in [9.17, 15) is 18.0 Å². The van der Waals surface area contributed by atoms with Crippen LogP contribution in [0.3, 0.4) is 0 Å². The first kappa shape index (κ1) is 23.4. The van der Waals surface area contributed by atoms with Crippen molar-refractivity contribution in [2.24, 2.45) is 0 Å². The fraction of sp³-hybridized carbons (Fsp3) is 0.318. The zero-order valence-electron chi connectivity index (χ0n) is 16.6. The molecule has 0 fully saturated rings. The lowest BCUT2D eigenvalue weighted by Gasteiger charge is -2.15. The molecule has 2 aromatic rings. The van der Waals surface area contributed by atoms with E-state index in [1.165, 1.54) is 17.7 Å². The summed E-state index contributed by atoms with van der Waals surface area (Å²) in [6.07, 6.45) is -0.663. The maximum atomic E-state index is 12.2. The molecule has 1 atom stereocenters. The molecule has 3 rings (SSSR count). The molecule has 0 aromatic heterocycles. The van der Waals surface area contributed by atoms with E-state index in [-0.39, 0.29) is 6.04 Å². The summed E-state index contributed by atoms with van der Waals surface area (Å²) >= 11 is 0. The number of halogens is 3. The molecule has 1 heterocycles. The van der Waals surface area contributed by atoms with Crippen molar-refractivity contribution in [2.45, 2.75) is 39.4 Å². The van der Waals surface area contributed by atoms with Gasteiger partial charge >= 0.3 is 6.18 Å². The van der Waals surface area contributed by atoms with E-state index < -0.39 is 11.7 Å². The lowest BCUT2D eigenvalue weighted by molar-refractivity contribution is -0.137. The van der Waals surface area contributed by atoms with Crippen LogP contribution >= 0.6 is 0 Å². The number of rotatable bonds is 3. The summed E-state index contributed by atoms with van der Waals surface area (Å²) in [6, 6.07) is 13.2. The molecule has 0 amide bonds. The molecule has 2 aromatic carbocycles. The Kier molecular flexibility index (Phi) is 9.45. The predicted molar refractivity (Wildman–Crippen MR) is 108 cm³/mol. The molecule has 28 heavy (non-hydrogen) atoms. The molecule has 0 spiro atoms. The van der Waals surface area contributed by atoms with Gasteiger partial charge in [0.05, 0.1) is 11.3 Å². The van der Waals surface area contributed by atoms with Gasteiger partial charge in [0.1, 0.15) is 0 Å². The van der Waals surface area contributed by atoms with Crippen LogP contribution in [0.25, 0.3) is 0 Å². The Bertz CT molecular complexity index is 768. The fourth-order valence-corrected chi connectivity index (χ4v) is 2.45. The molecule has 0 aliphatic carbocycles. The second-order valence-electron chi connectivity index (χ2n) is 5.89. The highest BCUT2D eigenvalue weighted by atomic mass is 19.4. The van der Waals surface area contributed by atoms with Crippen LogP contribution < -0.4 is 10.6 Å². The normalized spacial score (nSPS) is 13.3.